The van der Waals surface area contributed by atoms with Crippen molar-refractivity contribution in [1.82, 2.24) is 0 Å². The van der Waals surface area contributed by atoms with Crippen LogP contribution in [0.2, 0.25) is 0 Å². The molecular formula is C26H40FNaO6. The second kappa shape index (κ2) is 9.51. The van der Waals surface area contributed by atoms with Crippen molar-refractivity contribution in [2.24, 2.45) is 34.5 Å². The number of carbonyl (C=O) groups excluding carboxylic acids is 3. The largest absolute Gasteiger partial charge is 1.00 e. The van der Waals surface area contributed by atoms with Gasteiger partial charge in [0.2, 0.25) is 5.78 Å². The van der Waals surface area contributed by atoms with Crippen LogP contribution in [-0.2, 0) is 19.1 Å². The van der Waals surface area contributed by atoms with Crippen LogP contribution in [0.3, 0.4) is 0 Å². The number of alkyl halides is 1. The first-order chi connectivity index (χ1) is 15.4. The Morgan fingerprint density at radius 2 is 1.88 bits per heavy atom. The van der Waals surface area contributed by atoms with Crippen molar-refractivity contribution in [3.05, 3.63) is 0 Å². The molecule has 0 aliphatic heterocycles. The Morgan fingerprint density at radius 1 is 1.21 bits per heavy atom. The fourth-order valence-corrected chi connectivity index (χ4v) is 8.79. The molecule has 0 aromatic carbocycles. The number of rotatable bonds is 5. The van der Waals surface area contributed by atoms with E-state index in [2.05, 4.69) is 0 Å². The van der Waals surface area contributed by atoms with E-state index in [9.17, 15) is 24.6 Å². The molecule has 3 unspecified atom stereocenters. The van der Waals surface area contributed by atoms with E-state index in [0.717, 1.165) is 0 Å². The molecule has 4 aliphatic rings. The number of Topliss-reactive ketones (excluding diaryl/α,β-unsaturated/α-hetero) is 2. The predicted molar refractivity (Wildman–Crippen MR) is 120 cm³/mol. The number of hydrogen-bond acceptors (Lipinski definition) is 6. The number of aliphatic hydroxyl groups is 2. The van der Waals surface area contributed by atoms with Crippen LogP contribution in [0.4, 0.5) is 4.39 Å². The SMILES string of the molecule is CCCC(=O)O[C@]1(C(=O)CO)C(C)C[C@H]2[C@@H]3CCC4CC(=O)CC[C@]4(C)[C@@]3(F)C(O)C[C@@]21C.[H-].[Na+]. The van der Waals surface area contributed by atoms with Gasteiger partial charge in [0.15, 0.2) is 5.60 Å². The average molecular weight is 491 g/mol. The van der Waals surface area contributed by atoms with E-state index in [-0.39, 0.29) is 61.4 Å². The minimum Gasteiger partial charge on any atom is -1.00 e. The van der Waals surface area contributed by atoms with Crippen LogP contribution in [0, 0.1) is 34.5 Å². The zero-order valence-electron chi connectivity index (χ0n) is 22.4. The first-order valence-corrected chi connectivity index (χ1v) is 12.7. The van der Waals surface area contributed by atoms with Crippen molar-refractivity contribution in [2.45, 2.75) is 103 Å². The van der Waals surface area contributed by atoms with Gasteiger partial charge >= 0.3 is 35.5 Å². The smallest absolute Gasteiger partial charge is 1.00 e. The van der Waals surface area contributed by atoms with Gasteiger partial charge in [-0.05, 0) is 56.3 Å². The summed E-state index contributed by atoms with van der Waals surface area (Å²) in [7, 11) is 0. The molecule has 0 radical (unpaired) electrons. The van der Waals surface area contributed by atoms with Crippen LogP contribution >= 0.6 is 0 Å². The van der Waals surface area contributed by atoms with Gasteiger partial charge in [-0.25, -0.2) is 4.39 Å². The summed E-state index contributed by atoms with van der Waals surface area (Å²) < 4.78 is 23.3. The molecular weight excluding hydrogens is 450 g/mol. The third kappa shape index (κ3) is 3.54. The molecule has 4 rings (SSSR count). The van der Waals surface area contributed by atoms with Crippen LogP contribution in [-0.4, -0.2) is 51.7 Å². The molecule has 6 nitrogen and oxygen atoms in total. The van der Waals surface area contributed by atoms with Crippen molar-refractivity contribution >= 4 is 17.5 Å². The Bertz CT molecular complexity index is 858. The number of hydrogen-bond donors (Lipinski definition) is 2. The van der Waals surface area contributed by atoms with Gasteiger partial charge in [-0.2, -0.15) is 0 Å². The maximum Gasteiger partial charge on any atom is 1.00 e. The summed E-state index contributed by atoms with van der Waals surface area (Å²) in [6.07, 6.45) is 2.20. The van der Waals surface area contributed by atoms with Crippen LogP contribution in [0.15, 0.2) is 0 Å². The van der Waals surface area contributed by atoms with E-state index in [4.69, 9.17) is 4.74 Å². The number of carbonyl (C=O) groups is 3. The molecule has 9 atom stereocenters. The fourth-order valence-electron chi connectivity index (χ4n) is 8.79. The maximum atomic E-state index is 17.3. The molecule has 188 valence electrons. The third-order valence-corrected chi connectivity index (χ3v) is 10.4. The van der Waals surface area contributed by atoms with Crippen LogP contribution in [0.25, 0.3) is 0 Å². The third-order valence-electron chi connectivity index (χ3n) is 10.4. The molecule has 0 aromatic heterocycles. The van der Waals surface area contributed by atoms with Gasteiger partial charge in [0.1, 0.15) is 18.1 Å². The van der Waals surface area contributed by atoms with Gasteiger partial charge in [0, 0.05) is 36.0 Å². The summed E-state index contributed by atoms with van der Waals surface area (Å²) in [4.78, 5) is 38.1. The Kier molecular flexibility index (Phi) is 7.90. The molecule has 0 aromatic rings. The van der Waals surface area contributed by atoms with Gasteiger partial charge in [-0.3, -0.25) is 14.4 Å². The van der Waals surface area contributed by atoms with Gasteiger partial charge < -0.3 is 16.4 Å². The van der Waals surface area contributed by atoms with Crippen LogP contribution in [0.1, 0.15) is 86.9 Å². The van der Waals surface area contributed by atoms with E-state index in [1.165, 1.54) is 0 Å². The number of aliphatic hydroxyl groups excluding tert-OH is 2. The standard InChI is InChI=1S/C26H39FO6.Na.H/c1-5-6-22(32)33-26(21(31)14-28)15(2)11-19-18-8-7-16-12-17(29)9-10-23(16,3)25(18,27)20(30)13-24(19,26)4;;/h15-16,18-20,28,30H,5-14H2,1-4H3;;/q;+1;-1/t15?,16?,18-,19-,20?,23-,24-,25-,26-;;/m0../s1. The second-order valence-corrected chi connectivity index (χ2v) is 11.7. The molecule has 2 N–H and O–H groups in total. The fraction of sp³-hybridized carbons (Fsp3) is 0.885. The number of ketones is 2. The van der Waals surface area contributed by atoms with Gasteiger partial charge in [-0.1, -0.05) is 27.7 Å². The van der Waals surface area contributed by atoms with Crippen molar-refractivity contribution in [3.63, 3.8) is 0 Å². The Balaban J connectivity index is 0.00000216. The molecule has 0 bridgehead atoms. The summed E-state index contributed by atoms with van der Waals surface area (Å²) in [6.45, 7) is 6.66. The summed E-state index contributed by atoms with van der Waals surface area (Å²) >= 11 is 0. The molecule has 4 saturated carbocycles. The Hall–Kier alpha value is -0.340. The first kappa shape index (κ1) is 28.2. The summed E-state index contributed by atoms with van der Waals surface area (Å²) in [5.41, 5.74) is -5.24. The summed E-state index contributed by atoms with van der Waals surface area (Å²) in [5, 5.41) is 21.4. The van der Waals surface area contributed by atoms with Crippen molar-refractivity contribution in [3.8, 4) is 0 Å². The van der Waals surface area contributed by atoms with Gasteiger partial charge in [0.05, 0.1) is 6.10 Å². The quantitative estimate of drug-likeness (QED) is 0.434. The van der Waals surface area contributed by atoms with E-state index < -0.39 is 58.4 Å². The molecule has 0 spiro atoms. The van der Waals surface area contributed by atoms with E-state index in [1.54, 1.807) is 0 Å². The van der Waals surface area contributed by atoms with Crippen molar-refractivity contribution < 1.29 is 64.7 Å². The molecule has 8 heteroatoms. The Labute approximate surface area is 225 Å². The minimum atomic E-state index is -1.87. The van der Waals surface area contributed by atoms with Crippen molar-refractivity contribution in [2.75, 3.05) is 6.61 Å². The zero-order chi connectivity index (χ0) is 24.4. The molecule has 0 heterocycles. The summed E-state index contributed by atoms with van der Waals surface area (Å²) in [5.74, 6) is -2.17. The normalized spacial score (nSPS) is 47.6. The van der Waals surface area contributed by atoms with E-state index in [1.807, 2.05) is 27.7 Å². The van der Waals surface area contributed by atoms with Gasteiger partial charge in [0.25, 0.3) is 0 Å². The summed E-state index contributed by atoms with van der Waals surface area (Å²) in [6, 6.07) is 0. The monoisotopic (exact) mass is 490 g/mol. The molecule has 0 amide bonds. The molecule has 34 heavy (non-hydrogen) atoms. The van der Waals surface area contributed by atoms with Gasteiger partial charge in [-0.15, -0.1) is 0 Å². The van der Waals surface area contributed by atoms with Crippen molar-refractivity contribution in [1.29, 1.82) is 0 Å². The topological polar surface area (TPSA) is 101 Å². The predicted octanol–water partition coefficient (Wildman–Crippen LogP) is 0.667. The molecule has 4 fully saturated rings. The molecule has 4 aliphatic carbocycles. The maximum absolute atomic E-state index is 17.3. The second-order valence-electron chi connectivity index (χ2n) is 11.7. The first-order valence-electron chi connectivity index (χ1n) is 12.7. The average Bonchev–Trinajstić information content (AvgIpc) is 2.97. The Morgan fingerprint density at radius 3 is 2.50 bits per heavy atom. The number of halogens is 1. The van der Waals surface area contributed by atoms with Crippen LogP contribution < -0.4 is 29.6 Å². The number of fused-ring (bicyclic) bond motifs is 5. The van der Waals surface area contributed by atoms with E-state index in [0.29, 0.717) is 44.9 Å². The molecule has 0 saturated heterocycles. The van der Waals surface area contributed by atoms with E-state index >= 15 is 4.39 Å². The van der Waals surface area contributed by atoms with Crippen LogP contribution in [0.5, 0.6) is 0 Å². The minimum absolute atomic E-state index is 0. The number of ether oxygens (including phenoxy) is 1. The zero-order valence-corrected chi connectivity index (χ0v) is 23.4. The number of esters is 1.